The third-order valence-electron chi connectivity index (χ3n) is 3.29. The van der Waals surface area contributed by atoms with Gasteiger partial charge in [-0.2, -0.15) is 0 Å². The van der Waals surface area contributed by atoms with E-state index in [-0.39, 0.29) is 0 Å². The molecule has 0 saturated heterocycles. The summed E-state index contributed by atoms with van der Waals surface area (Å²) in [7, 11) is 1.53. The molecule has 22 heavy (non-hydrogen) atoms. The zero-order valence-corrected chi connectivity index (χ0v) is 12.8. The lowest BCUT2D eigenvalue weighted by Gasteiger charge is -2.08. The number of methoxy groups -OCH3 is 1. The van der Waals surface area contributed by atoms with Crippen molar-refractivity contribution >= 4 is 12.2 Å². The van der Waals surface area contributed by atoms with Gasteiger partial charge in [-0.05, 0) is 42.3 Å². The number of esters is 1. The summed E-state index contributed by atoms with van der Waals surface area (Å²) in [6.45, 7) is 2.12. The highest BCUT2D eigenvalue weighted by molar-refractivity contribution is 5.94. The van der Waals surface area contributed by atoms with Crippen LogP contribution >= 0.6 is 0 Å². The smallest absolute Gasteiger partial charge is 0.343 e. The van der Waals surface area contributed by atoms with Crippen LogP contribution in [-0.4, -0.2) is 19.3 Å². The van der Waals surface area contributed by atoms with Crippen LogP contribution in [0, 0.1) is 5.41 Å². The van der Waals surface area contributed by atoms with Gasteiger partial charge in [0.15, 0.2) is 0 Å². The van der Waals surface area contributed by atoms with E-state index < -0.39 is 5.97 Å². The van der Waals surface area contributed by atoms with Crippen molar-refractivity contribution in [2.24, 2.45) is 0 Å². The van der Waals surface area contributed by atoms with Crippen LogP contribution in [0.2, 0.25) is 0 Å². The molecule has 0 bridgehead atoms. The summed E-state index contributed by atoms with van der Waals surface area (Å²) in [5, 5.41) is 7.35. The summed E-state index contributed by atoms with van der Waals surface area (Å²) in [5.74, 6) is 0.613. The predicted molar refractivity (Wildman–Crippen MR) is 86.3 cm³/mol. The SMILES string of the molecule is CCCc1ccc(OC(=O)c2ccc(OC)c(C=N)c2)cc1. The second kappa shape index (κ2) is 7.41. The van der Waals surface area contributed by atoms with E-state index in [1.807, 2.05) is 12.1 Å². The summed E-state index contributed by atoms with van der Waals surface area (Å²) in [6, 6.07) is 12.4. The molecule has 0 aliphatic heterocycles. The second-order valence-electron chi connectivity index (χ2n) is 4.88. The minimum absolute atomic E-state index is 0.386. The molecule has 0 saturated carbocycles. The Bertz CT molecular complexity index is 663. The monoisotopic (exact) mass is 297 g/mol. The molecule has 0 heterocycles. The number of ether oxygens (including phenoxy) is 2. The van der Waals surface area contributed by atoms with Gasteiger partial charge in [0.1, 0.15) is 11.5 Å². The summed E-state index contributed by atoms with van der Waals surface area (Å²) in [4.78, 5) is 12.2. The minimum Gasteiger partial charge on any atom is -0.496 e. The lowest BCUT2D eigenvalue weighted by molar-refractivity contribution is 0.0734. The van der Waals surface area contributed by atoms with Crippen LogP contribution in [-0.2, 0) is 6.42 Å². The molecule has 1 N–H and O–H groups in total. The number of carbonyl (C=O) groups is 1. The summed E-state index contributed by atoms with van der Waals surface area (Å²) in [5.41, 5.74) is 2.14. The Labute approximate surface area is 130 Å². The van der Waals surface area contributed by atoms with Crippen LogP contribution < -0.4 is 9.47 Å². The van der Waals surface area contributed by atoms with Gasteiger partial charge in [-0.1, -0.05) is 25.5 Å². The normalized spacial score (nSPS) is 10.1. The van der Waals surface area contributed by atoms with Gasteiger partial charge in [0, 0.05) is 11.8 Å². The largest absolute Gasteiger partial charge is 0.496 e. The number of nitrogens with one attached hydrogen (secondary N) is 1. The highest BCUT2D eigenvalue weighted by atomic mass is 16.5. The molecule has 0 atom stereocenters. The van der Waals surface area contributed by atoms with E-state index in [4.69, 9.17) is 14.9 Å². The van der Waals surface area contributed by atoms with E-state index in [0.29, 0.717) is 22.6 Å². The number of benzene rings is 2. The van der Waals surface area contributed by atoms with Gasteiger partial charge in [-0.3, -0.25) is 0 Å². The quantitative estimate of drug-likeness (QED) is 0.500. The van der Waals surface area contributed by atoms with Crippen LogP contribution in [0.3, 0.4) is 0 Å². The predicted octanol–water partition coefficient (Wildman–Crippen LogP) is 3.86. The Morgan fingerprint density at radius 2 is 1.91 bits per heavy atom. The van der Waals surface area contributed by atoms with E-state index in [9.17, 15) is 4.79 Å². The van der Waals surface area contributed by atoms with Crippen molar-refractivity contribution in [2.45, 2.75) is 19.8 Å². The van der Waals surface area contributed by atoms with Crippen molar-refractivity contribution < 1.29 is 14.3 Å². The lowest BCUT2D eigenvalue weighted by atomic mass is 10.1. The summed E-state index contributed by atoms with van der Waals surface area (Å²) >= 11 is 0. The van der Waals surface area contributed by atoms with Gasteiger partial charge in [0.2, 0.25) is 0 Å². The van der Waals surface area contributed by atoms with Gasteiger partial charge >= 0.3 is 5.97 Å². The highest BCUT2D eigenvalue weighted by Gasteiger charge is 2.11. The molecule has 0 aromatic heterocycles. The highest BCUT2D eigenvalue weighted by Crippen LogP contribution is 2.20. The zero-order chi connectivity index (χ0) is 15.9. The third kappa shape index (κ3) is 3.73. The molecule has 0 radical (unpaired) electrons. The molecule has 2 rings (SSSR count). The molecule has 114 valence electrons. The first kappa shape index (κ1) is 15.8. The molecule has 0 spiro atoms. The van der Waals surface area contributed by atoms with Crippen LogP contribution in [0.1, 0.15) is 34.8 Å². The van der Waals surface area contributed by atoms with Crippen molar-refractivity contribution in [3.05, 3.63) is 59.2 Å². The first-order valence-electron chi connectivity index (χ1n) is 7.17. The Kier molecular flexibility index (Phi) is 5.31. The summed E-state index contributed by atoms with van der Waals surface area (Å²) < 4.78 is 10.5. The van der Waals surface area contributed by atoms with Crippen molar-refractivity contribution in [1.82, 2.24) is 0 Å². The third-order valence-corrected chi connectivity index (χ3v) is 3.29. The average Bonchev–Trinajstić information content (AvgIpc) is 2.56. The molecule has 0 fully saturated rings. The molecule has 0 aliphatic rings. The van der Waals surface area contributed by atoms with E-state index >= 15 is 0 Å². The molecule has 4 nitrogen and oxygen atoms in total. The first-order chi connectivity index (χ1) is 10.7. The van der Waals surface area contributed by atoms with Crippen molar-refractivity contribution in [2.75, 3.05) is 7.11 Å². The molecule has 4 heteroatoms. The van der Waals surface area contributed by atoms with Gasteiger partial charge in [-0.25, -0.2) is 4.79 Å². The standard InChI is InChI=1S/C18H19NO3/c1-3-4-13-5-8-16(9-6-13)22-18(20)14-7-10-17(21-2)15(11-14)12-19/h5-12,19H,3-4H2,1-2H3. The molecule has 0 aliphatic carbocycles. The fraction of sp³-hybridized carbons (Fsp3) is 0.222. The van der Waals surface area contributed by atoms with Gasteiger partial charge < -0.3 is 14.9 Å². The van der Waals surface area contributed by atoms with E-state index in [0.717, 1.165) is 19.1 Å². The fourth-order valence-electron chi connectivity index (χ4n) is 2.15. The zero-order valence-electron chi connectivity index (χ0n) is 12.8. The summed E-state index contributed by atoms with van der Waals surface area (Å²) in [6.07, 6.45) is 3.24. The van der Waals surface area contributed by atoms with E-state index in [2.05, 4.69) is 6.92 Å². The van der Waals surface area contributed by atoms with Crippen molar-refractivity contribution in [3.8, 4) is 11.5 Å². The van der Waals surface area contributed by atoms with Gasteiger partial charge in [-0.15, -0.1) is 0 Å². The van der Waals surface area contributed by atoms with Gasteiger partial charge in [0.05, 0.1) is 12.7 Å². The molecule has 2 aromatic rings. The Morgan fingerprint density at radius 3 is 2.50 bits per heavy atom. The Balaban J connectivity index is 2.13. The topological polar surface area (TPSA) is 59.4 Å². The maximum Gasteiger partial charge on any atom is 0.343 e. The van der Waals surface area contributed by atoms with Crippen molar-refractivity contribution in [3.63, 3.8) is 0 Å². The van der Waals surface area contributed by atoms with Crippen LogP contribution in [0.15, 0.2) is 42.5 Å². The van der Waals surface area contributed by atoms with Crippen LogP contribution in [0.5, 0.6) is 11.5 Å². The number of carbonyl (C=O) groups excluding carboxylic acids is 1. The van der Waals surface area contributed by atoms with Crippen LogP contribution in [0.25, 0.3) is 0 Å². The number of hydrogen-bond donors (Lipinski definition) is 1. The van der Waals surface area contributed by atoms with E-state index in [1.165, 1.54) is 12.7 Å². The average molecular weight is 297 g/mol. The molecule has 0 amide bonds. The van der Waals surface area contributed by atoms with E-state index in [1.54, 1.807) is 30.3 Å². The lowest BCUT2D eigenvalue weighted by Crippen LogP contribution is -2.09. The fourth-order valence-corrected chi connectivity index (χ4v) is 2.15. The number of rotatable bonds is 6. The second-order valence-corrected chi connectivity index (χ2v) is 4.88. The van der Waals surface area contributed by atoms with Crippen molar-refractivity contribution in [1.29, 1.82) is 5.41 Å². The number of hydrogen-bond acceptors (Lipinski definition) is 4. The Morgan fingerprint density at radius 1 is 1.18 bits per heavy atom. The van der Waals surface area contributed by atoms with Gasteiger partial charge in [0.25, 0.3) is 0 Å². The first-order valence-corrected chi connectivity index (χ1v) is 7.17. The molecular weight excluding hydrogens is 278 g/mol. The molecule has 2 aromatic carbocycles. The minimum atomic E-state index is -0.450. The maximum absolute atomic E-state index is 12.2. The Hall–Kier alpha value is -2.62. The maximum atomic E-state index is 12.2. The molecular formula is C18H19NO3. The van der Waals surface area contributed by atoms with Crippen LogP contribution in [0.4, 0.5) is 0 Å². The number of aryl methyl sites for hydroxylation is 1. The molecule has 0 unspecified atom stereocenters.